The minimum absolute atomic E-state index is 0.267. The van der Waals surface area contributed by atoms with Crippen molar-refractivity contribution < 1.29 is 9.53 Å². The maximum absolute atomic E-state index is 12.3. The summed E-state index contributed by atoms with van der Waals surface area (Å²) in [5.41, 5.74) is 4.50. The Bertz CT molecular complexity index is 902. The van der Waals surface area contributed by atoms with E-state index in [9.17, 15) is 4.79 Å². The van der Waals surface area contributed by atoms with Crippen LogP contribution in [0.5, 0.6) is 5.75 Å². The second-order valence-electron chi connectivity index (χ2n) is 6.23. The Balaban J connectivity index is 1.61. The average molecular weight is 362 g/mol. The highest BCUT2D eigenvalue weighted by Gasteiger charge is 2.09. The van der Waals surface area contributed by atoms with Crippen LogP contribution in [0.4, 0.5) is 11.5 Å². The van der Waals surface area contributed by atoms with Crippen molar-refractivity contribution in [3.05, 3.63) is 77.0 Å². The Hall–Kier alpha value is -3.41. The molecule has 0 unspecified atom stereocenters. The third-order valence-electron chi connectivity index (χ3n) is 4.24. The molecule has 27 heavy (non-hydrogen) atoms. The number of amides is 1. The maximum Gasteiger partial charge on any atom is 0.272 e. The Morgan fingerprint density at radius 3 is 2.26 bits per heavy atom. The lowest BCUT2D eigenvalue weighted by atomic mass is 10.1. The van der Waals surface area contributed by atoms with Crippen molar-refractivity contribution in [2.24, 2.45) is 0 Å². The van der Waals surface area contributed by atoms with Crippen LogP contribution in [0.3, 0.4) is 0 Å². The number of hydrogen-bond acceptors (Lipinski definition) is 5. The number of carbonyl (C=O) groups is 1. The van der Waals surface area contributed by atoms with Crippen LogP contribution in [0, 0.1) is 13.8 Å². The quantitative estimate of drug-likeness (QED) is 0.698. The lowest BCUT2D eigenvalue weighted by Gasteiger charge is -2.11. The summed E-state index contributed by atoms with van der Waals surface area (Å²) in [5, 5.41) is 14.2. The summed E-state index contributed by atoms with van der Waals surface area (Å²) in [7, 11) is 1.62. The van der Waals surface area contributed by atoms with Gasteiger partial charge >= 0.3 is 0 Å². The van der Waals surface area contributed by atoms with Crippen LogP contribution in [0.2, 0.25) is 0 Å². The Labute approximate surface area is 158 Å². The maximum atomic E-state index is 12.3. The van der Waals surface area contributed by atoms with E-state index in [0.29, 0.717) is 12.4 Å². The number of methoxy groups -OCH3 is 1. The first kappa shape index (κ1) is 18.4. The first-order valence-corrected chi connectivity index (χ1v) is 8.65. The molecule has 1 heterocycles. The third-order valence-corrected chi connectivity index (χ3v) is 4.24. The lowest BCUT2D eigenvalue weighted by molar-refractivity contribution is 0.0945. The molecule has 0 saturated carbocycles. The van der Waals surface area contributed by atoms with E-state index in [4.69, 9.17) is 4.74 Å². The number of para-hydroxylation sites is 1. The van der Waals surface area contributed by atoms with Gasteiger partial charge in [-0.05, 0) is 54.8 Å². The van der Waals surface area contributed by atoms with Crippen LogP contribution in [0.25, 0.3) is 0 Å². The second kappa shape index (κ2) is 8.31. The van der Waals surface area contributed by atoms with Gasteiger partial charge in [0.15, 0.2) is 11.5 Å². The van der Waals surface area contributed by atoms with Gasteiger partial charge in [0.05, 0.1) is 7.11 Å². The van der Waals surface area contributed by atoms with E-state index >= 15 is 0 Å². The van der Waals surface area contributed by atoms with E-state index in [1.165, 1.54) is 0 Å². The Morgan fingerprint density at radius 2 is 1.67 bits per heavy atom. The molecule has 3 rings (SSSR count). The second-order valence-corrected chi connectivity index (χ2v) is 6.23. The molecule has 1 amide bonds. The predicted molar refractivity (Wildman–Crippen MR) is 105 cm³/mol. The van der Waals surface area contributed by atoms with E-state index in [1.54, 1.807) is 19.2 Å². The molecule has 1 aromatic heterocycles. The van der Waals surface area contributed by atoms with Crippen molar-refractivity contribution in [1.82, 2.24) is 15.5 Å². The van der Waals surface area contributed by atoms with Crippen molar-refractivity contribution in [2.45, 2.75) is 20.4 Å². The van der Waals surface area contributed by atoms with Gasteiger partial charge in [0.25, 0.3) is 5.91 Å². The van der Waals surface area contributed by atoms with Gasteiger partial charge in [-0.25, -0.2) is 0 Å². The molecule has 0 atom stereocenters. The van der Waals surface area contributed by atoms with E-state index in [-0.39, 0.29) is 11.6 Å². The predicted octanol–water partition coefficient (Wildman–Crippen LogP) is 3.78. The SMILES string of the molecule is COc1ccc(CNC(=O)c2ccc(Nc3c(C)cccc3C)nn2)cc1. The van der Waals surface area contributed by atoms with Gasteiger partial charge in [-0.15, -0.1) is 10.2 Å². The van der Waals surface area contributed by atoms with Gasteiger partial charge in [-0.2, -0.15) is 0 Å². The molecule has 0 bridgehead atoms. The van der Waals surface area contributed by atoms with E-state index in [1.807, 2.05) is 56.3 Å². The van der Waals surface area contributed by atoms with Gasteiger partial charge in [-0.1, -0.05) is 30.3 Å². The molecule has 138 valence electrons. The van der Waals surface area contributed by atoms with Gasteiger partial charge in [-0.3, -0.25) is 4.79 Å². The topological polar surface area (TPSA) is 76.1 Å². The van der Waals surface area contributed by atoms with Gasteiger partial charge < -0.3 is 15.4 Å². The molecule has 0 aliphatic rings. The van der Waals surface area contributed by atoms with Crippen LogP contribution >= 0.6 is 0 Å². The molecule has 0 spiro atoms. The van der Waals surface area contributed by atoms with Crippen molar-refractivity contribution in [3.63, 3.8) is 0 Å². The molecule has 0 fully saturated rings. The standard InChI is InChI=1S/C21H22N4O2/c1-14-5-4-6-15(2)20(14)23-19-12-11-18(24-25-19)21(26)22-13-16-7-9-17(27-3)10-8-16/h4-12H,13H2,1-3H3,(H,22,26)(H,23,25). The van der Waals surface area contributed by atoms with Crippen LogP contribution in [-0.4, -0.2) is 23.2 Å². The number of anilines is 2. The number of benzene rings is 2. The molecule has 6 heteroatoms. The van der Waals surface area contributed by atoms with Crippen LogP contribution in [-0.2, 0) is 6.54 Å². The van der Waals surface area contributed by atoms with Crippen molar-refractivity contribution in [3.8, 4) is 5.75 Å². The fourth-order valence-corrected chi connectivity index (χ4v) is 2.68. The number of hydrogen-bond donors (Lipinski definition) is 2. The Kier molecular flexibility index (Phi) is 5.66. The van der Waals surface area contributed by atoms with Gasteiger partial charge in [0, 0.05) is 12.2 Å². The van der Waals surface area contributed by atoms with Crippen LogP contribution in [0.1, 0.15) is 27.2 Å². The molecule has 3 aromatic rings. The van der Waals surface area contributed by atoms with Crippen molar-refractivity contribution in [1.29, 1.82) is 0 Å². The van der Waals surface area contributed by atoms with E-state index in [2.05, 4.69) is 20.8 Å². The van der Waals surface area contributed by atoms with Crippen molar-refractivity contribution >= 4 is 17.4 Å². The highest BCUT2D eigenvalue weighted by molar-refractivity contribution is 5.92. The minimum atomic E-state index is -0.267. The summed E-state index contributed by atoms with van der Waals surface area (Å²) >= 11 is 0. The molecule has 0 saturated heterocycles. The summed E-state index contributed by atoms with van der Waals surface area (Å²) in [6.45, 7) is 4.47. The molecule has 2 aromatic carbocycles. The highest BCUT2D eigenvalue weighted by Crippen LogP contribution is 2.22. The minimum Gasteiger partial charge on any atom is -0.497 e. The molecule has 2 N–H and O–H groups in total. The highest BCUT2D eigenvalue weighted by atomic mass is 16.5. The summed E-state index contributed by atoms with van der Waals surface area (Å²) < 4.78 is 5.12. The molecule has 0 aliphatic heterocycles. The lowest BCUT2D eigenvalue weighted by Crippen LogP contribution is -2.24. The van der Waals surface area contributed by atoms with Crippen LogP contribution < -0.4 is 15.4 Å². The fourth-order valence-electron chi connectivity index (χ4n) is 2.68. The molecule has 0 aliphatic carbocycles. The summed E-state index contributed by atoms with van der Waals surface area (Å²) in [5.74, 6) is 1.11. The fraction of sp³-hybridized carbons (Fsp3) is 0.190. The molecular weight excluding hydrogens is 340 g/mol. The molecule has 6 nitrogen and oxygen atoms in total. The summed E-state index contributed by atoms with van der Waals surface area (Å²) in [4.78, 5) is 12.3. The number of nitrogens with one attached hydrogen (secondary N) is 2. The van der Waals surface area contributed by atoms with E-state index in [0.717, 1.165) is 28.1 Å². The van der Waals surface area contributed by atoms with Crippen molar-refractivity contribution in [2.75, 3.05) is 12.4 Å². The zero-order valence-corrected chi connectivity index (χ0v) is 15.6. The average Bonchev–Trinajstić information content (AvgIpc) is 2.70. The molecular formula is C21H22N4O2. The number of aryl methyl sites for hydroxylation is 2. The Morgan fingerprint density at radius 1 is 0.963 bits per heavy atom. The van der Waals surface area contributed by atoms with E-state index < -0.39 is 0 Å². The normalized spacial score (nSPS) is 10.3. The number of rotatable bonds is 6. The number of ether oxygens (including phenoxy) is 1. The summed E-state index contributed by atoms with van der Waals surface area (Å²) in [6, 6.07) is 17.0. The third kappa shape index (κ3) is 4.61. The molecule has 0 radical (unpaired) electrons. The number of nitrogens with zero attached hydrogens (tertiary/aromatic N) is 2. The number of aromatic nitrogens is 2. The smallest absolute Gasteiger partial charge is 0.272 e. The van der Waals surface area contributed by atoms with Gasteiger partial charge in [0.2, 0.25) is 0 Å². The number of carbonyl (C=O) groups excluding carboxylic acids is 1. The van der Waals surface area contributed by atoms with Gasteiger partial charge in [0.1, 0.15) is 5.75 Å². The first-order valence-electron chi connectivity index (χ1n) is 8.65. The summed E-state index contributed by atoms with van der Waals surface area (Å²) in [6.07, 6.45) is 0. The monoisotopic (exact) mass is 362 g/mol. The zero-order chi connectivity index (χ0) is 19.2. The largest absolute Gasteiger partial charge is 0.497 e. The first-order chi connectivity index (χ1) is 13.1. The zero-order valence-electron chi connectivity index (χ0n) is 15.6. The van der Waals surface area contributed by atoms with Crippen LogP contribution in [0.15, 0.2) is 54.6 Å².